The van der Waals surface area contributed by atoms with E-state index >= 15 is 0 Å². The van der Waals surface area contributed by atoms with Crippen molar-refractivity contribution in [2.45, 2.75) is 44.9 Å². The van der Waals surface area contributed by atoms with Gasteiger partial charge < -0.3 is 9.30 Å². The van der Waals surface area contributed by atoms with Crippen LogP contribution in [-0.4, -0.2) is 22.1 Å². The first-order valence-electron chi connectivity index (χ1n) is 8.42. The highest BCUT2D eigenvalue weighted by Crippen LogP contribution is 2.34. The second-order valence-electron chi connectivity index (χ2n) is 6.01. The van der Waals surface area contributed by atoms with Gasteiger partial charge in [-0.25, -0.2) is 9.78 Å². The average molecular weight is 327 g/mol. The average Bonchev–Trinajstić information content (AvgIpc) is 3.11. The fraction of sp³-hybridized carbons (Fsp3) is 0.444. The largest absolute Gasteiger partial charge is 0.462 e. The number of esters is 1. The van der Waals surface area contributed by atoms with E-state index in [1.807, 2.05) is 10.8 Å². The minimum absolute atomic E-state index is 0.290. The van der Waals surface area contributed by atoms with E-state index in [-0.39, 0.29) is 5.69 Å². The molecule has 126 valence electrons. The van der Waals surface area contributed by atoms with Crippen molar-refractivity contribution in [3.8, 4) is 5.69 Å². The Balaban J connectivity index is 2.02. The van der Waals surface area contributed by atoms with E-state index in [4.69, 9.17) is 4.74 Å². The van der Waals surface area contributed by atoms with Crippen LogP contribution < -0.4 is 0 Å². The Hall–Kier alpha value is -2.50. The number of hydrogen-bond donors (Lipinski definition) is 0. The first-order valence-corrected chi connectivity index (χ1v) is 8.42. The topological polar surface area (TPSA) is 73.5 Å². The summed E-state index contributed by atoms with van der Waals surface area (Å²) in [5.74, 6) is 0.899. The Morgan fingerprint density at radius 3 is 2.83 bits per heavy atom. The molecule has 24 heavy (non-hydrogen) atoms. The Bertz CT molecular complexity index is 733. The number of rotatable bonds is 5. The van der Waals surface area contributed by atoms with Crippen LogP contribution in [0.4, 0.5) is 5.69 Å². The first-order chi connectivity index (χ1) is 11.7. The molecule has 3 rings (SSSR count). The number of benzene rings is 1. The molecule has 0 spiro atoms. The van der Waals surface area contributed by atoms with Gasteiger partial charge in [0.05, 0.1) is 17.9 Å². The Morgan fingerprint density at radius 2 is 2.12 bits per heavy atom. The fourth-order valence-corrected chi connectivity index (χ4v) is 3.32. The maximum absolute atomic E-state index is 12.0. The van der Waals surface area contributed by atoms with Crippen molar-refractivity contribution in [2.75, 3.05) is 6.61 Å². The quantitative estimate of drug-likeness (QED) is 0.599. The van der Waals surface area contributed by atoms with Gasteiger partial charge in [0.2, 0.25) is 0 Å². The molecule has 0 N–H and O–H groups in total. The van der Waals surface area contributed by atoms with Crippen LogP contribution in [-0.2, 0) is 4.74 Å². The van der Waals surface area contributed by atoms with Crippen LogP contribution in [0, 0.1) is 4.91 Å². The second kappa shape index (κ2) is 7.38. The SMILES string of the molecule is CCOC(=O)c1ccc(N=O)c(-n2ccnc2C2CCCCC2)c1. The fourth-order valence-electron chi connectivity index (χ4n) is 3.32. The maximum atomic E-state index is 12.0. The number of nitrogens with zero attached hydrogens (tertiary/aromatic N) is 3. The van der Waals surface area contributed by atoms with Gasteiger partial charge in [0, 0.05) is 18.3 Å². The van der Waals surface area contributed by atoms with E-state index in [1.165, 1.54) is 19.3 Å². The molecule has 6 heteroatoms. The number of ether oxygens (including phenoxy) is 1. The molecule has 0 radical (unpaired) electrons. The van der Waals surface area contributed by atoms with Gasteiger partial charge in [-0.15, -0.1) is 4.91 Å². The molecule has 0 saturated heterocycles. The van der Waals surface area contributed by atoms with Gasteiger partial charge in [0.25, 0.3) is 0 Å². The van der Waals surface area contributed by atoms with Gasteiger partial charge in [-0.05, 0) is 43.1 Å². The van der Waals surface area contributed by atoms with Crippen molar-refractivity contribution in [2.24, 2.45) is 5.18 Å². The van der Waals surface area contributed by atoms with Crippen molar-refractivity contribution in [3.63, 3.8) is 0 Å². The van der Waals surface area contributed by atoms with E-state index in [1.54, 1.807) is 31.3 Å². The predicted molar refractivity (Wildman–Crippen MR) is 90.8 cm³/mol. The molecule has 6 nitrogen and oxygen atoms in total. The highest BCUT2D eigenvalue weighted by atomic mass is 16.5. The molecule has 1 aliphatic rings. The Labute approximate surface area is 140 Å². The van der Waals surface area contributed by atoms with Crippen LogP contribution in [0.1, 0.15) is 61.1 Å². The van der Waals surface area contributed by atoms with Crippen LogP contribution in [0.2, 0.25) is 0 Å². The normalized spacial score (nSPS) is 15.2. The van der Waals surface area contributed by atoms with E-state index < -0.39 is 5.97 Å². The highest BCUT2D eigenvalue weighted by Gasteiger charge is 2.22. The molecule has 1 aliphatic carbocycles. The molecular formula is C18H21N3O3. The Kier molecular flexibility index (Phi) is 5.03. The monoisotopic (exact) mass is 327 g/mol. The van der Waals surface area contributed by atoms with Crippen molar-refractivity contribution in [1.29, 1.82) is 0 Å². The molecule has 1 aromatic heterocycles. The number of nitroso groups, excluding NO2 is 1. The van der Waals surface area contributed by atoms with Crippen molar-refractivity contribution >= 4 is 11.7 Å². The van der Waals surface area contributed by atoms with E-state index in [0.29, 0.717) is 23.8 Å². The lowest BCUT2D eigenvalue weighted by atomic mass is 9.88. The van der Waals surface area contributed by atoms with Crippen molar-refractivity contribution in [1.82, 2.24) is 9.55 Å². The predicted octanol–water partition coefficient (Wildman–Crippen LogP) is 4.49. The van der Waals surface area contributed by atoms with Crippen LogP contribution in [0.15, 0.2) is 35.8 Å². The summed E-state index contributed by atoms with van der Waals surface area (Å²) in [5.41, 5.74) is 1.27. The number of hydrogen-bond acceptors (Lipinski definition) is 5. The summed E-state index contributed by atoms with van der Waals surface area (Å²) in [4.78, 5) is 27.7. The summed E-state index contributed by atoms with van der Waals surface area (Å²) >= 11 is 0. The number of carbonyl (C=O) groups excluding carboxylic acids is 1. The lowest BCUT2D eigenvalue weighted by Crippen LogP contribution is -2.12. The molecule has 1 saturated carbocycles. The summed E-state index contributed by atoms with van der Waals surface area (Å²) in [6.45, 7) is 2.07. The third-order valence-electron chi connectivity index (χ3n) is 4.48. The van der Waals surface area contributed by atoms with Gasteiger partial charge in [-0.3, -0.25) is 0 Å². The zero-order chi connectivity index (χ0) is 16.9. The second-order valence-corrected chi connectivity index (χ2v) is 6.01. The van der Waals surface area contributed by atoms with Gasteiger partial charge >= 0.3 is 5.97 Å². The zero-order valence-corrected chi connectivity index (χ0v) is 13.8. The number of carbonyl (C=O) groups is 1. The molecule has 0 bridgehead atoms. The summed E-state index contributed by atoms with van der Waals surface area (Å²) < 4.78 is 6.93. The van der Waals surface area contributed by atoms with Crippen LogP contribution in [0.5, 0.6) is 0 Å². The summed E-state index contributed by atoms with van der Waals surface area (Å²) in [7, 11) is 0. The zero-order valence-electron chi connectivity index (χ0n) is 13.8. The molecule has 1 heterocycles. The number of imidazole rings is 1. The van der Waals surface area contributed by atoms with Crippen molar-refractivity contribution < 1.29 is 9.53 Å². The maximum Gasteiger partial charge on any atom is 0.338 e. The molecule has 0 amide bonds. The van der Waals surface area contributed by atoms with E-state index in [9.17, 15) is 9.70 Å². The third-order valence-corrected chi connectivity index (χ3v) is 4.48. The van der Waals surface area contributed by atoms with Crippen LogP contribution in [0.3, 0.4) is 0 Å². The smallest absolute Gasteiger partial charge is 0.338 e. The van der Waals surface area contributed by atoms with E-state index in [0.717, 1.165) is 18.7 Å². The minimum atomic E-state index is -0.407. The molecule has 0 atom stereocenters. The molecule has 0 aliphatic heterocycles. The minimum Gasteiger partial charge on any atom is -0.462 e. The molecule has 1 aromatic carbocycles. The van der Waals surface area contributed by atoms with E-state index in [2.05, 4.69) is 10.2 Å². The van der Waals surface area contributed by atoms with Gasteiger partial charge in [-0.1, -0.05) is 19.3 Å². The van der Waals surface area contributed by atoms with Gasteiger partial charge in [0.15, 0.2) is 0 Å². The standard InChI is InChI=1S/C18H21N3O3/c1-2-24-18(22)14-8-9-15(20-23)16(12-14)21-11-10-19-17(21)13-6-4-3-5-7-13/h8-13H,2-7H2,1H3. The lowest BCUT2D eigenvalue weighted by molar-refractivity contribution is 0.0526. The van der Waals surface area contributed by atoms with Crippen LogP contribution in [0.25, 0.3) is 5.69 Å². The Morgan fingerprint density at radius 1 is 1.33 bits per heavy atom. The number of aromatic nitrogens is 2. The summed E-state index contributed by atoms with van der Waals surface area (Å²) in [5, 5.41) is 3.11. The van der Waals surface area contributed by atoms with Crippen LogP contribution >= 0.6 is 0 Å². The molecular weight excluding hydrogens is 306 g/mol. The van der Waals surface area contributed by atoms with Gasteiger partial charge in [-0.2, -0.15) is 0 Å². The summed E-state index contributed by atoms with van der Waals surface area (Å²) in [6.07, 6.45) is 9.39. The lowest BCUT2D eigenvalue weighted by Gasteiger charge is -2.22. The molecule has 1 fully saturated rings. The first kappa shape index (κ1) is 16.4. The summed E-state index contributed by atoms with van der Waals surface area (Å²) in [6, 6.07) is 4.78. The molecule has 0 unspecified atom stereocenters. The third kappa shape index (κ3) is 3.22. The van der Waals surface area contributed by atoms with Crippen molar-refractivity contribution in [3.05, 3.63) is 46.9 Å². The molecule has 2 aromatic rings. The highest BCUT2D eigenvalue weighted by molar-refractivity contribution is 5.91. The van der Waals surface area contributed by atoms with Gasteiger partial charge in [0.1, 0.15) is 11.5 Å².